The van der Waals surface area contributed by atoms with Crippen LogP contribution in [0, 0.1) is 0 Å². The Hall–Kier alpha value is -2.42. The van der Waals surface area contributed by atoms with Crippen LogP contribution in [0.3, 0.4) is 0 Å². The molecular formula is C22H23NO. The maximum Gasteiger partial charge on any atom is 0.0945 e. The molecule has 24 heavy (non-hydrogen) atoms. The maximum absolute atomic E-state index is 5.70. The number of nitrogens with one attached hydrogen (secondary N) is 1. The third kappa shape index (κ3) is 4.10. The van der Waals surface area contributed by atoms with E-state index in [9.17, 15) is 0 Å². The average Bonchev–Trinajstić information content (AvgIpc) is 2.67. The monoisotopic (exact) mass is 317 g/mol. The van der Waals surface area contributed by atoms with Crippen molar-refractivity contribution in [2.75, 3.05) is 13.7 Å². The summed E-state index contributed by atoms with van der Waals surface area (Å²) < 4.78 is 5.70. The number of benzene rings is 3. The first-order valence-electron chi connectivity index (χ1n) is 8.29. The maximum atomic E-state index is 5.70. The Morgan fingerprint density at radius 1 is 0.667 bits per heavy atom. The minimum Gasteiger partial charge on any atom is -0.375 e. The summed E-state index contributed by atoms with van der Waals surface area (Å²) in [5.74, 6) is 0. The van der Waals surface area contributed by atoms with E-state index >= 15 is 0 Å². The molecule has 2 heteroatoms. The van der Waals surface area contributed by atoms with Gasteiger partial charge in [0.25, 0.3) is 0 Å². The molecule has 3 aromatic rings. The molecule has 0 heterocycles. The molecule has 0 amide bonds. The molecule has 3 rings (SSSR count). The predicted octanol–water partition coefficient (Wildman–Crippen LogP) is 4.75. The molecule has 0 aliphatic carbocycles. The summed E-state index contributed by atoms with van der Waals surface area (Å²) in [7, 11) is 1.76. The first-order chi connectivity index (χ1) is 11.9. The Balaban J connectivity index is 1.80. The Morgan fingerprint density at radius 3 is 1.50 bits per heavy atom. The number of rotatable bonds is 7. The zero-order valence-corrected chi connectivity index (χ0v) is 13.9. The van der Waals surface area contributed by atoms with Crippen LogP contribution in [0.15, 0.2) is 91.0 Å². The predicted molar refractivity (Wildman–Crippen MR) is 98.9 cm³/mol. The highest BCUT2D eigenvalue weighted by atomic mass is 16.5. The summed E-state index contributed by atoms with van der Waals surface area (Å²) in [4.78, 5) is 0. The minimum absolute atomic E-state index is 0.0288. The van der Waals surface area contributed by atoms with Crippen LogP contribution >= 0.6 is 0 Å². The van der Waals surface area contributed by atoms with Crippen LogP contribution in [0.5, 0.6) is 0 Å². The van der Waals surface area contributed by atoms with Crippen LogP contribution < -0.4 is 5.32 Å². The summed E-state index contributed by atoms with van der Waals surface area (Å²) in [6.45, 7) is 0.745. The zero-order valence-electron chi connectivity index (χ0n) is 13.9. The topological polar surface area (TPSA) is 21.3 Å². The Labute approximate surface area is 144 Å². The number of hydrogen-bond donors (Lipinski definition) is 1. The average molecular weight is 317 g/mol. The normalized spacial score (nSPS) is 12.2. The van der Waals surface area contributed by atoms with Crippen molar-refractivity contribution in [1.29, 1.82) is 0 Å². The fourth-order valence-corrected chi connectivity index (χ4v) is 2.95. The molecule has 0 aliphatic heterocycles. The van der Waals surface area contributed by atoms with Crippen LogP contribution in [0.2, 0.25) is 0 Å². The first-order valence-corrected chi connectivity index (χ1v) is 8.29. The third-order valence-electron chi connectivity index (χ3n) is 4.23. The van der Waals surface area contributed by atoms with Crippen molar-refractivity contribution in [1.82, 2.24) is 5.32 Å². The number of methoxy groups -OCH3 is 1. The number of hydrogen-bond acceptors (Lipinski definition) is 2. The van der Waals surface area contributed by atoms with Gasteiger partial charge >= 0.3 is 0 Å². The molecule has 0 saturated heterocycles. The molecular weight excluding hydrogens is 294 g/mol. The smallest absolute Gasteiger partial charge is 0.0945 e. The largest absolute Gasteiger partial charge is 0.375 e. The molecule has 1 unspecified atom stereocenters. The fourth-order valence-electron chi connectivity index (χ4n) is 2.95. The van der Waals surface area contributed by atoms with Gasteiger partial charge in [0.15, 0.2) is 0 Å². The van der Waals surface area contributed by atoms with Gasteiger partial charge in [0.2, 0.25) is 0 Å². The molecule has 0 saturated carbocycles. The van der Waals surface area contributed by atoms with E-state index in [0.717, 1.165) is 6.54 Å². The van der Waals surface area contributed by atoms with Gasteiger partial charge in [0.1, 0.15) is 0 Å². The van der Waals surface area contributed by atoms with Gasteiger partial charge in [-0.15, -0.1) is 0 Å². The highest BCUT2D eigenvalue weighted by Gasteiger charge is 2.16. The van der Waals surface area contributed by atoms with E-state index in [1.54, 1.807) is 7.11 Å². The van der Waals surface area contributed by atoms with E-state index < -0.39 is 0 Å². The molecule has 122 valence electrons. The molecule has 2 nitrogen and oxygen atoms in total. The van der Waals surface area contributed by atoms with E-state index in [2.05, 4.69) is 66.0 Å². The van der Waals surface area contributed by atoms with Gasteiger partial charge < -0.3 is 10.1 Å². The molecule has 3 aromatic carbocycles. The lowest BCUT2D eigenvalue weighted by Gasteiger charge is -2.23. The summed E-state index contributed by atoms with van der Waals surface area (Å²) >= 11 is 0. The van der Waals surface area contributed by atoms with Gasteiger partial charge in [0, 0.05) is 13.7 Å². The van der Waals surface area contributed by atoms with Gasteiger partial charge in [-0.1, -0.05) is 91.0 Å². The molecule has 0 spiro atoms. The van der Waals surface area contributed by atoms with Crippen molar-refractivity contribution in [2.24, 2.45) is 0 Å². The highest BCUT2D eigenvalue weighted by molar-refractivity contribution is 5.31. The van der Waals surface area contributed by atoms with Crippen molar-refractivity contribution >= 4 is 0 Å². The third-order valence-corrected chi connectivity index (χ3v) is 4.23. The van der Waals surface area contributed by atoms with Crippen molar-refractivity contribution in [2.45, 2.75) is 12.1 Å². The van der Waals surface area contributed by atoms with Crippen molar-refractivity contribution < 1.29 is 4.74 Å². The van der Waals surface area contributed by atoms with E-state index in [1.165, 1.54) is 16.7 Å². The second-order valence-electron chi connectivity index (χ2n) is 5.80. The quantitative estimate of drug-likeness (QED) is 0.679. The van der Waals surface area contributed by atoms with Crippen molar-refractivity contribution in [3.05, 3.63) is 108 Å². The van der Waals surface area contributed by atoms with Crippen molar-refractivity contribution in [3.8, 4) is 0 Å². The molecule has 1 atom stereocenters. The van der Waals surface area contributed by atoms with Crippen LogP contribution in [0.4, 0.5) is 0 Å². The van der Waals surface area contributed by atoms with Gasteiger partial charge in [0.05, 0.1) is 12.1 Å². The van der Waals surface area contributed by atoms with Gasteiger partial charge in [-0.05, 0) is 16.7 Å². The Kier molecular flexibility index (Phi) is 5.78. The molecule has 0 radical (unpaired) electrons. The van der Waals surface area contributed by atoms with Crippen LogP contribution in [0.25, 0.3) is 0 Å². The van der Waals surface area contributed by atoms with Gasteiger partial charge in [-0.25, -0.2) is 0 Å². The lowest BCUT2D eigenvalue weighted by molar-refractivity contribution is 0.101. The molecule has 0 bridgehead atoms. The van der Waals surface area contributed by atoms with Crippen LogP contribution in [0.1, 0.15) is 28.8 Å². The van der Waals surface area contributed by atoms with E-state index in [4.69, 9.17) is 4.74 Å². The fraction of sp³-hybridized carbons (Fsp3) is 0.182. The lowest BCUT2D eigenvalue weighted by atomic mass is 9.98. The van der Waals surface area contributed by atoms with Crippen LogP contribution in [-0.2, 0) is 4.74 Å². The zero-order chi connectivity index (χ0) is 16.6. The van der Waals surface area contributed by atoms with Crippen LogP contribution in [-0.4, -0.2) is 13.7 Å². The summed E-state index contributed by atoms with van der Waals surface area (Å²) in [5.41, 5.74) is 3.70. The molecule has 0 aliphatic rings. The summed E-state index contributed by atoms with van der Waals surface area (Å²) in [6.07, 6.45) is 0.0288. The Bertz CT molecular complexity index is 673. The van der Waals surface area contributed by atoms with Gasteiger partial charge in [-0.3, -0.25) is 0 Å². The van der Waals surface area contributed by atoms with E-state index in [-0.39, 0.29) is 12.1 Å². The molecule has 1 N–H and O–H groups in total. The molecule has 0 fully saturated rings. The molecule has 0 aromatic heterocycles. The Morgan fingerprint density at radius 2 is 1.08 bits per heavy atom. The minimum atomic E-state index is 0.0288. The second kappa shape index (κ2) is 8.44. The standard InChI is InChI=1S/C22H23NO/c1-24-21(18-11-5-2-6-12-18)17-23-22(19-13-7-3-8-14-19)20-15-9-4-10-16-20/h2-16,21-23H,17H2,1H3. The summed E-state index contributed by atoms with van der Waals surface area (Å²) in [5, 5.41) is 3.68. The highest BCUT2D eigenvalue weighted by Crippen LogP contribution is 2.23. The lowest BCUT2D eigenvalue weighted by Crippen LogP contribution is -2.28. The SMILES string of the molecule is COC(CNC(c1ccccc1)c1ccccc1)c1ccccc1. The van der Waals surface area contributed by atoms with Gasteiger partial charge in [-0.2, -0.15) is 0 Å². The summed E-state index contributed by atoms with van der Waals surface area (Å²) in [6, 6.07) is 31.6. The number of ether oxygens (including phenoxy) is 1. The van der Waals surface area contributed by atoms with Crippen molar-refractivity contribution in [3.63, 3.8) is 0 Å². The van der Waals surface area contributed by atoms with E-state index in [1.807, 2.05) is 30.3 Å². The second-order valence-corrected chi connectivity index (χ2v) is 5.80. The van der Waals surface area contributed by atoms with E-state index in [0.29, 0.717) is 0 Å². The first kappa shape index (κ1) is 16.4.